The second-order valence-electron chi connectivity index (χ2n) is 7.31. The summed E-state index contributed by atoms with van der Waals surface area (Å²) in [7, 11) is 1.65. The predicted octanol–water partition coefficient (Wildman–Crippen LogP) is 4.59. The summed E-state index contributed by atoms with van der Waals surface area (Å²) < 4.78 is 16.4. The van der Waals surface area contributed by atoms with E-state index in [4.69, 9.17) is 14.2 Å². The molecule has 0 fully saturated rings. The van der Waals surface area contributed by atoms with Crippen molar-refractivity contribution < 1.29 is 28.6 Å². The molecule has 0 aliphatic heterocycles. The van der Waals surface area contributed by atoms with E-state index in [0.29, 0.717) is 36.8 Å². The lowest BCUT2D eigenvalue weighted by molar-refractivity contribution is -0.133. The molecule has 0 N–H and O–H groups in total. The number of thiophene rings is 1. The summed E-state index contributed by atoms with van der Waals surface area (Å²) in [6.45, 7) is 4.60. The Labute approximate surface area is 202 Å². The van der Waals surface area contributed by atoms with Crippen LogP contribution in [0.25, 0.3) is 0 Å². The Balaban J connectivity index is 1.73. The van der Waals surface area contributed by atoms with Gasteiger partial charge in [0.2, 0.25) is 0 Å². The van der Waals surface area contributed by atoms with Gasteiger partial charge in [-0.1, -0.05) is 24.3 Å². The number of esters is 1. The number of rotatable bonds is 11. The molecule has 0 bridgehead atoms. The van der Waals surface area contributed by atoms with E-state index in [2.05, 4.69) is 0 Å². The molecule has 0 radical (unpaired) electrons. The Kier molecular flexibility index (Phi) is 8.81. The van der Waals surface area contributed by atoms with E-state index in [-0.39, 0.29) is 22.8 Å². The zero-order valence-corrected chi connectivity index (χ0v) is 20.2. The second kappa shape index (κ2) is 12.0. The summed E-state index contributed by atoms with van der Waals surface area (Å²) in [4.78, 5) is 40.9. The van der Waals surface area contributed by atoms with Gasteiger partial charge in [-0.3, -0.25) is 9.59 Å². The van der Waals surface area contributed by atoms with Gasteiger partial charge in [-0.15, -0.1) is 11.3 Å². The van der Waals surface area contributed by atoms with E-state index >= 15 is 0 Å². The highest BCUT2D eigenvalue weighted by molar-refractivity contribution is 7.09. The summed E-state index contributed by atoms with van der Waals surface area (Å²) in [6, 6.07) is 15.1. The average Bonchev–Trinajstić information content (AvgIpc) is 3.36. The van der Waals surface area contributed by atoms with Gasteiger partial charge in [0.25, 0.3) is 5.91 Å². The maximum Gasteiger partial charge on any atom is 0.339 e. The molecule has 34 heavy (non-hydrogen) atoms. The molecule has 1 aromatic heterocycles. The number of likely N-dealkylation sites (N-methyl/N-ethyl adjacent to an activating group) is 1. The number of hydrogen-bond acceptors (Lipinski definition) is 7. The van der Waals surface area contributed by atoms with Gasteiger partial charge in [-0.05, 0) is 49.6 Å². The van der Waals surface area contributed by atoms with E-state index < -0.39 is 12.6 Å². The molecule has 0 aliphatic rings. The molecule has 0 aliphatic carbocycles. The summed E-state index contributed by atoms with van der Waals surface area (Å²) in [5.41, 5.74) is 0.616. The third kappa shape index (κ3) is 6.23. The number of carbonyl (C=O) groups is 3. The summed E-state index contributed by atoms with van der Waals surface area (Å²) in [5, 5.41) is 1.93. The number of amides is 1. The minimum absolute atomic E-state index is 0.0908. The molecule has 1 amide bonds. The number of hydrogen-bond donors (Lipinski definition) is 0. The predicted molar refractivity (Wildman–Crippen MR) is 130 cm³/mol. The number of carbonyl (C=O) groups excluding carboxylic acids is 3. The quantitative estimate of drug-likeness (QED) is 0.294. The van der Waals surface area contributed by atoms with E-state index in [1.54, 1.807) is 54.8 Å². The number of ether oxygens (including phenoxy) is 3. The molecule has 178 valence electrons. The van der Waals surface area contributed by atoms with Gasteiger partial charge in [0.15, 0.2) is 23.9 Å². The van der Waals surface area contributed by atoms with Gasteiger partial charge in [0.1, 0.15) is 0 Å². The second-order valence-corrected chi connectivity index (χ2v) is 8.34. The van der Waals surface area contributed by atoms with Crippen molar-refractivity contribution in [3.8, 4) is 11.5 Å². The highest BCUT2D eigenvalue weighted by Gasteiger charge is 2.22. The Morgan fingerprint density at radius 1 is 0.882 bits per heavy atom. The minimum Gasteiger partial charge on any atom is -0.490 e. The molecule has 0 spiro atoms. The first-order valence-electron chi connectivity index (χ1n) is 10.9. The minimum atomic E-state index is -0.738. The van der Waals surface area contributed by atoms with Crippen molar-refractivity contribution in [2.24, 2.45) is 0 Å². The maximum absolute atomic E-state index is 13.2. The largest absolute Gasteiger partial charge is 0.490 e. The summed E-state index contributed by atoms with van der Waals surface area (Å²) in [5.74, 6) is -0.442. The van der Waals surface area contributed by atoms with Crippen molar-refractivity contribution in [2.75, 3.05) is 26.9 Å². The maximum atomic E-state index is 13.2. The van der Waals surface area contributed by atoms with E-state index in [0.717, 1.165) is 4.88 Å². The van der Waals surface area contributed by atoms with Crippen LogP contribution in [0.1, 0.15) is 45.0 Å². The first kappa shape index (κ1) is 25.0. The molecule has 3 aromatic rings. The van der Waals surface area contributed by atoms with Crippen LogP contribution in [0.4, 0.5) is 0 Å². The van der Waals surface area contributed by atoms with Gasteiger partial charge < -0.3 is 19.1 Å². The van der Waals surface area contributed by atoms with E-state index in [1.807, 2.05) is 31.4 Å². The highest BCUT2D eigenvalue weighted by Crippen LogP contribution is 2.30. The monoisotopic (exact) mass is 481 g/mol. The van der Waals surface area contributed by atoms with Crippen molar-refractivity contribution in [3.05, 3.63) is 81.5 Å². The number of benzene rings is 2. The number of nitrogens with zero attached hydrogens (tertiary/aromatic N) is 1. The van der Waals surface area contributed by atoms with Crippen LogP contribution in [0.3, 0.4) is 0 Å². The van der Waals surface area contributed by atoms with Crippen LogP contribution < -0.4 is 9.47 Å². The third-order valence-electron chi connectivity index (χ3n) is 4.92. The first-order chi connectivity index (χ1) is 16.4. The normalized spacial score (nSPS) is 10.4. The van der Waals surface area contributed by atoms with Crippen molar-refractivity contribution in [2.45, 2.75) is 20.4 Å². The van der Waals surface area contributed by atoms with Gasteiger partial charge in [-0.25, -0.2) is 4.79 Å². The van der Waals surface area contributed by atoms with Crippen molar-refractivity contribution >= 4 is 29.0 Å². The molecule has 8 heteroatoms. The zero-order valence-electron chi connectivity index (χ0n) is 19.4. The SMILES string of the molecule is CCOc1ccc(C(=O)c2ccccc2C(=O)OCC(=O)N(C)Cc2cccs2)cc1OCC. The molecule has 7 nitrogen and oxygen atoms in total. The lowest BCUT2D eigenvalue weighted by Gasteiger charge is -2.16. The van der Waals surface area contributed by atoms with Crippen LogP contribution in [-0.2, 0) is 16.1 Å². The van der Waals surface area contributed by atoms with Crippen LogP contribution in [0.5, 0.6) is 11.5 Å². The van der Waals surface area contributed by atoms with Crippen molar-refractivity contribution in [1.82, 2.24) is 4.90 Å². The smallest absolute Gasteiger partial charge is 0.339 e. The fourth-order valence-electron chi connectivity index (χ4n) is 3.25. The standard InChI is InChI=1S/C26H27NO6S/c1-4-31-22-13-12-18(15-23(22)32-5-2)25(29)20-10-6-7-11-21(20)26(30)33-17-24(28)27(3)16-19-9-8-14-34-19/h6-15H,4-5,16-17H2,1-3H3. The lowest BCUT2D eigenvalue weighted by Crippen LogP contribution is -2.30. The molecular formula is C26H27NO6S. The van der Waals surface area contributed by atoms with E-state index in [9.17, 15) is 14.4 Å². The zero-order chi connectivity index (χ0) is 24.5. The molecular weight excluding hydrogens is 454 g/mol. The van der Waals surface area contributed by atoms with Crippen molar-refractivity contribution in [1.29, 1.82) is 0 Å². The molecule has 2 aromatic carbocycles. The summed E-state index contributed by atoms with van der Waals surface area (Å²) >= 11 is 1.54. The fraction of sp³-hybridized carbons (Fsp3) is 0.269. The third-order valence-corrected chi connectivity index (χ3v) is 5.78. The Bertz CT molecular complexity index is 1140. The average molecular weight is 482 g/mol. The van der Waals surface area contributed by atoms with Gasteiger partial charge in [0, 0.05) is 23.1 Å². The Hall–Kier alpha value is -3.65. The summed E-state index contributed by atoms with van der Waals surface area (Å²) in [6.07, 6.45) is 0. The van der Waals surface area contributed by atoms with Crippen molar-refractivity contribution in [3.63, 3.8) is 0 Å². The lowest BCUT2D eigenvalue weighted by atomic mass is 9.98. The van der Waals surface area contributed by atoms with Crippen LogP contribution in [0.2, 0.25) is 0 Å². The molecule has 0 saturated carbocycles. The van der Waals surface area contributed by atoms with Crippen LogP contribution >= 0.6 is 11.3 Å². The van der Waals surface area contributed by atoms with Crippen LogP contribution in [0, 0.1) is 0 Å². The number of ketones is 1. The van der Waals surface area contributed by atoms with E-state index in [1.165, 1.54) is 11.0 Å². The first-order valence-corrected chi connectivity index (χ1v) is 11.8. The molecule has 0 unspecified atom stereocenters. The van der Waals surface area contributed by atoms with Gasteiger partial charge in [0.05, 0.1) is 25.3 Å². The van der Waals surface area contributed by atoms with Gasteiger partial charge >= 0.3 is 5.97 Å². The Morgan fingerprint density at radius 2 is 1.59 bits per heavy atom. The molecule has 0 saturated heterocycles. The molecule has 3 rings (SSSR count). The Morgan fingerprint density at radius 3 is 2.26 bits per heavy atom. The fourth-order valence-corrected chi connectivity index (χ4v) is 4.00. The van der Waals surface area contributed by atoms with Gasteiger partial charge in [-0.2, -0.15) is 0 Å². The molecule has 1 heterocycles. The highest BCUT2D eigenvalue weighted by atomic mass is 32.1. The molecule has 0 atom stereocenters. The topological polar surface area (TPSA) is 82.1 Å². The van der Waals surface area contributed by atoms with Crippen LogP contribution in [-0.4, -0.2) is 49.4 Å². The van der Waals surface area contributed by atoms with Crippen LogP contribution in [0.15, 0.2) is 60.0 Å².